The maximum Gasteiger partial charge on any atom is 0.101 e. The van der Waals surface area contributed by atoms with E-state index in [1.807, 2.05) is 18.2 Å². The Kier molecular flexibility index (Phi) is 2.97. The Labute approximate surface area is 115 Å². The van der Waals surface area contributed by atoms with E-state index >= 15 is 0 Å². The molecule has 1 saturated heterocycles. The average Bonchev–Trinajstić information content (AvgIpc) is 2.91. The molecule has 0 atom stereocenters. The number of fused-ring (bicyclic) bond motifs is 1. The van der Waals surface area contributed by atoms with E-state index in [1.54, 1.807) is 0 Å². The van der Waals surface area contributed by atoms with E-state index in [4.69, 9.17) is 0 Å². The van der Waals surface area contributed by atoms with Crippen LogP contribution in [0.15, 0.2) is 34.8 Å². The third-order valence-electron chi connectivity index (χ3n) is 3.53. The minimum absolute atomic E-state index is 0.730. The largest absolute Gasteiger partial charge is 0.371 e. The van der Waals surface area contributed by atoms with E-state index in [0.717, 1.165) is 28.5 Å². The molecule has 0 amide bonds. The highest BCUT2D eigenvalue weighted by Crippen LogP contribution is 2.35. The number of hydrogen-bond acceptors (Lipinski definition) is 2. The summed E-state index contributed by atoms with van der Waals surface area (Å²) in [6, 6.07) is 12.5. The molecule has 0 N–H and O–H groups in total. The van der Waals surface area contributed by atoms with Crippen LogP contribution in [0.2, 0.25) is 0 Å². The zero-order chi connectivity index (χ0) is 12.5. The molecule has 0 aliphatic carbocycles. The minimum Gasteiger partial charge on any atom is -0.371 e. The smallest absolute Gasteiger partial charge is 0.101 e. The standard InChI is InChI=1S/C15H13BrN2/c16-14-9-15(18-7-3-4-8-18)12-6-2-1-5-11(12)13(14)10-17/h1-2,5-6,9H,3-4,7-8H2. The first-order chi connectivity index (χ1) is 8.81. The van der Waals surface area contributed by atoms with Crippen molar-refractivity contribution >= 4 is 32.4 Å². The van der Waals surface area contributed by atoms with Crippen LogP contribution in [0.3, 0.4) is 0 Å². The molecule has 0 radical (unpaired) electrons. The van der Waals surface area contributed by atoms with Crippen molar-refractivity contribution in [2.75, 3.05) is 18.0 Å². The monoisotopic (exact) mass is 300 g/mol. The van der Waals surface area contributed by atoms with Crippen molar-refractivity contribution in [1.82, 2.24) is 0 Å². The summed E-state index contributed by atoms with van der Waals surface area (Å²) in [5.41, 5.74) is 1.97. The van der Waals surface area contributed by atoms with Gasteiger partial charge in [0.1, 0.15) is 6.07 Å². The van der Waals surface area contributed by atoms with Crippen LogP contribution in [-0.4, -0.2) is 13.1 Å². The number of hydrogen-bond donors (Lipinski definition) is 0. The summed E-state index contributed by atoms with van der Waals surface area (Å²) in [5, 5.41) is 11.5. The third-order valence-corrected chi connectivity index (χ3v) is 4.16. The molecule has 1 fully saturated rings. The van der Waals surface area contributed by atoms with E-state index in [2.05, 4.69) is 39.0 Å². The second-order valence-electron chi connectivity index (χ2n) is 4.60. The lowest BCUT2D eigenvalue weighted by Gasteiger charge is -2.21. The number of rotatable bonds is 1. The Morgan fingerprint density at radius 1 is 1.11 bits per heavy atom. The molecule has 1 aliphatic heterocycles. The van der Waals surface area contributed by atoms with Gasteiger partial charge in [-0.05, 0) is 34.8 Å². The number of halogens is 1. The van der Waals surface area contributed by atoms with Crippen LogP contribution >= 0.6 is 15.9 Å². The normalized spacial score (nSPS) is 15.0. The SMILES string of the molecule is N#Cc1c(Br)cc(N2CCCC2)c2ccccc12. The van der Waals surface area contributed by atoms with Gasteiger partial charge in [0, 0.05) is 34.0 Å². The first kappa shape index (κ1) is 11.6. The zero-order valence-corrected chi connectivity index (χ0v) is 11.6. The average molecular weight is 301 g/mol. The lowest BCUT2D eigenvalue weighted by Crippen LogP contribution is -2.18. The molecule has 0 bridgehead atoms. The second kappa shape index (κ2) is 4.62. The van der Waals surface area contributed by atoms with Crippen LogP contribution in [0.1, 0.15) is 18.4 Å². The highest BCUT2D eigenvalue weighted by molar-refractivity contribution is 9.10. The Balaban J connectivity index is 2.30. The molecule has 1 aliphatic rings. The van der Waals surface area contributed by atoms with Gasteiger partial charge in [-0.1, -0.05) is 24.3 Å². The predicted molar refractivity (Wildman–Crippen MR) is 77.8 cm³/mol. The Hall–Kier alpha value is -1.53. The zero-order valence-electron chi connectivity index (χ0n) is 9.99. The summed E-state index contributed by atoms with van der Waals surface area (Å²) in [4.78, 5) is 2.41. The number of benzene rings is 2. The highest BCUT2D eigenvalue weighted by atomic mass is 79.9. The first-order valence-corrected chi connectivity index (χ1v) is 6.97. The number of nitrogens with zero attached hydrogens (tertiary/aromatic N) is 2. The van der Waals surface area contributed by atoms with Gasteiger partial charge in [0.05, 0.1) is 5.56 Å². The summed E-state index contributed by atoms with van der Waals surface area (Å²) in [6.45, 7) is 2.23. The van der Waals surface area contributed by atoms with Gasteiger partial charge >= 0.3 is 0 Å². The van der Waals surface area contributed by atoms with Gasteiger partial charge in [-0.25, -0.2) is 0 Å². The molecule has 2 nitrogen and oxygen atoms in total. The second-order valence-corrected chi connectivity index (χ2v) is 5.46. The molecular formula is C15H13BrN2. The van der Waals surface area contributed by atoms with Crippen molar-refractivity contribution in [3.8, 4) is 6.07 Å². The molecule has 2 aromatic carbocycles. The number of nitriles is 1. The van der Waals surface area contributed by atoms with Crippen LogP contribution in [0.4, 0.5) is 5.69 Å². The van der Waals surface area contributed by atoms with Gasteiger partial charge in [0.15, 0.2) is 0 Å². The molecule has 18 heavy (non-hydrogen) atoms. The van der Waals surface area contributed by atoms with Crippen LogP contribution in [-0.2, 0) is 0 Å². The van der Waals surface area contributed by atoms with Gasteiger partial charge in [0.25, 0.3) is 0 Å². The van der Waals surface area contributed by atoms with Crippen LogP contribution in [0, 0.1) is 11.3 Å². The first-order valence-electron chi connectivity index (χ1n) is 6.17. The van der Waals surface area contributed by atoms with E-state index < -0.39 is 0 Å². The van der Waals surface area contributed by atoms with Gasteiger partial charge in [-0.2, -0.15) is 5.26 Å². The maximum atomic E-state index is 9.28. The molecule has 0 unspecified atom stereocenters. The molecule has 0 saturated carbocycles. The van der Waals surface area contributed by atoms with Gasteiger partial charge < -0.3 is 4.90 Å². The predicted octanol–water partition coefficient (Wildman–Crippen LogP) is 4.07. The molecule has 1 heterocycles. The molecule has 3 heteroatoms. The number of anilines is 1. The van der Waals surface area contributed by atoms with Crippen molar-refractivity contribution in [2.24, 2.45) is 0 Å². The van der Waals surface area contributed by atoms with Crippen molar-refractivity contribution in [1.29, 1.82) is 5.26 Å². The molecule has 3 rings (SSSR count). The quantitative estimate of drug-likeness (QED) is 0.793. The van der Waals surface area contributed by atoms with E-state index in [9.17, 15) is 5.26 Å². The van der Waals surface area contributed by atoms with Crippen molar-refractivity contribution in [3.63, 3.8) is 0 Å². The van der Waals surface area contributed by atoms with Crippen molar-refractivity contribution in [2.45, 2.75) is 12.8 Å². The fourth-order valence-corrected chi connectivity index (χ4v) is 3.18. The summed E-state index contributed by atoms with van der Waals surface area (Å²) >= 11 is 3.53. The highest BCUT2D eigenvalue weighted by Gasteiger charge is 2.17. The van der Waals surface area contributed by atoms with Gasteiger partial charge in [-0.15, -0.1) is 0 Å². The van der Waals surface area contributed by atoms with Gasteiger partial charge in [0.2, 0.25) is 0 Å². The summed E-state index contributed by atoms with van der Waals surface area (Å²) in [7, 11) is 0. The minimum atomic E-state index is 0.730. The van der Waals surface area contributed by atoms with Crippen LogP contribution < -0.4 is 4.90 Å². The molecule has 90 valence electrons. The fraction of sp³-hybridized carbons (Fsp3) is 0.267. The molecule has 2 aromatic rings. The van der Waals surface area contributed by atoms with E-state index in [-0.39, 0.29) is 0 Å². The summed E-state index contributed by atoms with van der Waals surface area (Å²) in [6.07, 6.45) is 2.51. The molecule has 0 spiro atoms. The van der Waals surface area contributed by atoms with E-state index in [0.29, 0.717) is 0 Å². The van der Waals surface area contributed by atoms with Crippen molar-refractivity contribution < 1.29 is 0 Å². The molecule has 0 aromatic heterocycles. The Bertz CT molecular complexity index is 637. The lowest BCUT2D eigenvalue weighted by molar-refractivity contribution is 0.949. The summed E-state index contributed by atoms with van der Waals surface area (Å²) < 4.78 is 0.894. The topological polar surface area (TPSA) is 27.0 Å². The van der Waals surface area contributed by atoms with Crippen LogP contribution in [0.25, 0.3) is 10.8 Å². The lowest BCUT2D eigenvalue weighted by atomic mass is 10.0. The maximum absolute atomic E-state index is 9.28. The fourth-order valence-electron chi connectivity index (χ4n) is 2.66. The summed E-state index contributed by atoms with van der Waals surface area (Å²) in [5.74, 6) is 0. The Morgan fingerprint density at radius 3 is 2.44 bits per heavy atom. The molecular weight excluding hydrogens is 288 g/mol. The van der Waals surface area contributed by atoms with Gasteiger partial charge in [-0.3, -0.25) is 0 Å². The van der Waals surface area contributed by atoms with E-state index in [1.165, 1.54) is 23.9 Å². The van der Waals surface area contributed by atoms with Crippen LogP contribution in [0.5, 0.6) is 0 Å². The Morgan fingerprint density at radius 2 is 1.78 bits per heavy atom. The third kappa shape index (κ3) is 1.77. The van der Waals surface area contributed by atoms with Crippen molar-refractivity contribution in [3.05, 3.63) is 40.4 Å².